The van der Waals surface area contributed by atoms with E-state index in [-0.39, 0.29) is 11.7 Å². The van der Waals surface area contributed by atoms with Gasteiger partial charge in [-0.1, -0.05) is 54.1 Å². The molecule has 0 bridgehead atoms. The Labute approximate surface area is 171 Å². The second-order valence-corrected chi connectivity index (χ2v) is 7.26. The molecule has 0 radical (unpaired) electrons. The number of hydrogen-bond acceptors (Lipinski definition) is 3. The number of anilines is 2. The van der Waals surface area contributed by atoms with Crippen LogP contribution in [0.3, 0.4) is 0 Å². The number of fused-ring (bicyclic) bond motifs is 1. The zero-order chi connectivity index (χ0) is 20.6. The summed E-state index contributed by atoms with van der Waals surface area (Å²) in [6, 6.07) is 21.1. The molecule has 0 aliphatic rings. The topological polar surface area (TPSA) is 72.2 Å². The van der Waals surface area contributed by atoms with Gasteiger partial charge < -0.3 is 11.1 Å². The first-order valence-electron chi connectivity index (χ1n) is 9.87. The van der Waals surface area contributed by atoms with Crippen molar-refractivity contribution in [3.05, 3.63) is 83.9 Å². The lowest BCUT2D eigenvalue weighted by Gasteiger charge is -2.07. The Kier molecular flexibility index (Phi) is 6.80. The van der Waals surface area contributed by atoms with Crippen LogP contribution >= 0.6 is 0 Å². The lowest BCUT2D eigenvalue weighted by atomic mass is 10.00. The molecular formula is C25H26N2O2. The molecule has 148 valence electrons. The molecule has 0 fully saturated rings. The van der Waals surface area contributed by atoms with Crippen molar-refractivity contribution in [3.8, 4) is 0 Å². The number of rotatable bonds is 8. The molecule has 1 amide bonds. The van der Waals surface area contributed by atoms with Gasteiger partial charge in [0.15, 0.2) is 5.78 Å². The highest BCUT2D eigenvalue weighted by atomic mass is 16.1. The zero-order valence-corrected chi connectivity index (χ0v) is 16.7. The van der Waals surface area contributed by atoms with E-state index in [0.717, 1.165) is 41.2 Å². The number of carbonyl (C=O) groups is 2. The number of amides is 1. The number of nitrogens with one attached hydrogen (secondary N) is 1. The number of para-hydroxylation sites is 2. The predicted molar refractivity (Wildman–Crippen MR) is 120 cm³/mol. The predicted octanol–water partition coefficient (Wildman–Crippen LogP) is 5.75. The summed E-state index contributed by atoms with van der Waals surface area (Å²) in [4.78, 5) is 24.6. The molecule has 0 unspecified atom stereocenters. The number of benzene rings is 3. The van der Waals surface area contributed by atoms with Crippen molar-refractivity contribution in [2.45, 2.75) is 32.6 Å². The van der Waals surface area contributed by atoms with Gasteiger partial charge in [0.05, 0.1) is 11.4 Å². The van der Waals surface area contributed by atoms with E-state index >= 15 is 0 Å². The Morgan fingerprint density at radius 2 is 1.59 bits per heavy atom. The Balaban J connectivity index is 1.45. The van der Waals surface area contributed by atoms with Crippen molar-refractivity contribution in [3.63, 3.8) is 0 Å². The van der Waals surface area contributed by atoms with Crippen LogP contribution in [-0.2, 0) is 4.79 Å². The maximum Gasteiger partial charge on any atom is 0.248 e. The van der Waals surface area contributed by atoms with Crippen LogP contribution in [0.4, 0.5) is 11.4 Å². The maximum atomic E-state index is 12.5. The van der Waals surface area contributed by atoms with Gasteiger partial charge in [0.2, 0.25) is 5.91 Å². The van der Waals surface area contributed by atoms with Crippen LogP contribution in [0.5, 0.6) is 0 Å². The molecule has 0 aliphatic carbocycles. The highest BCUT2D eigenvalue weighted by Crippen LogP contribution is 2.19. The fourth-order valence-corrected chi connectivity index (χ4v) is 3.27. The van der Waals surface area contributed by atoms with Gasteiger partial charge in [-0.3, -0.25) is 9.59 Å². The van der Waals surface area contributed by atoms with E-state index in [4.69, 9.17) is 5.73 Å². The average molecular weight is 386 g/mol. The standard InChI is InChI=1S/C25H26N2O2/c1-18(16-25(29)27-23-12-6-5-11-22(23)26)8-2-7-13-24(28)21-15-14-19-9-3-4-10-20(19)17-21/h3-6,9-12,14-17H,2,7-8,13,26H2,1H3,(H,27,29)/b18-16-. The first-order chi connectivity index (χ1) is 14.0. The summed E-state index contributed by atoms with van der Waals surface area (Å²) >= 11 is 0. The minimum atomic E-state index is -0.187. The molecule has 3 rings (SSSR count). The summed E-state index contributed by atoms with van der Waals surface area (Å²) in [5, 5.41) is 5.02. The van der Waals surface area contributed by atoms with Crippen LogP contribution in [0.1, 0.15) is 43.0 Å². The van der Waals surface area contributed by atoms with Crippen LogP contribution in [0.2, 0.25) is 0 Å². The Bertz CT molecular complexity index is 1050. The molecule has 0 aromatic heterocycles. The molecule has 4 nitrogen and oxygen atoms in total. The SMILES string of the molecule is C/C(=C/C(=O)Nc1ccccc1N)CCCCC(=O)c1ccc2ccccc2c1. The normalized spacial score (nSPS) is 11.4. The molecule has 29 heavy (non-hydrogen) atoms. The first-order valence-corrected chi connectivity index (χ1v) is 9.87. The molecule has 0 saturated carbocycles. The largest absolute Gasteiger partial charge is 0.397 e. The quantitative estimate of drug-likeness (QED) is 0.224. The van der Waals surface area contributed by atoms with Crippen molar-refractivity contribution < 1.29 is 9.59 Å². The third-order valence-corrected chi connectivity index (χ3v) is 4.89. The molecule has 4 heteroatoms. The number of hydrogen-bond donors (Lipinski definition) is 2. The summed E-state index contributed by atoms with van der Waals surface area (Å²) in [7, 11) is 0. The van der Waals surface area contributed by atoms with Gasteiger partial charge in [-0.05, 0) is 55.2 Å². The van der Waals surface area contributed by atoms with Gasteiger partial charge in [0.1, 0.15) is 0 Å². The number of Topliss-reactive ketones (excluding diaryl/α,β-unsaturated/α-hetero) is 1. The van der Waals surface area contributed by atoms with E-state index in [0.29, 0.717) is 17.8 Å². The lowest BCUT2D eigenvalue weighted by molar-refractivity contribution is -0.112. The molecule has 0 saturated heterocycles. The average Bonchev–Trinajstić information content (AvgIpc) is 2.72. The lowest BCUT2D eigenvalue weighted by Crippen LogP contribution is -2.10. The van der Waals surface area contributed by atoms with Gasteiger partial charge in [0, 0.05) is 18.1 Å². The Morgan fingerprint density at radius 1 is 0.897 bits per heavy atom. The van der Waals surface area contributed by atoms with E-state index in [2.05, 4.69) is 5.32 Å². The summed E-state index contributed by atoms with van der Waals surface area (Å²) in [6.07, 6.45) is 4.55. The van der Waals surface area contributed by atoms with E-state index in [1.54, 1.807) is 18.2 Å². The van der Waals surface area contributed by atoms with Crippen LogP contribution in [0.25, 0.3) is 10.8 Å². The highest BCUT2D eigenvalue weighted by Gasteiger charge is 2.07. The Hall–Kier alpha value is -3.40. The smallest absolute Gasteiger partial charge is 0.248 e. The van der Waals surface area contributed by atoms with Crippen molar-refractivity contribution >= 4 is 33.8 Å². The third-order valence-electron chi connectivity index (χ3n) is 4.89. The number of nitrogen functional groups attached to an aromatic ring is 1. The first kappa shape index (κ1) is 20.3. The van der Waals surface area contributed by atoms with E-state index in [1.807, 2.05) is 61.5 Å². The Morgan fingerprint density at radius 3 is 2.38 bits per heavy atom. The molecule has 0 atom stereocenters. The molecule has 3 N–H and O–H groups in total. The van der Waals surface area contributed by atoms with Crippen LogP contribution < -0.4 is 11.1 Å². The number of ketones is 1. The van der Waals surface area contributed by atoms with Crippen molar-refractivity contribution in [1.29, 1.82) is 0 Å². The van der Waals surface area contributed by atoms with Crippen LogP contribution in [0, 0.1) is 0 Å². The maximum absolute atomic E-state index is 12.5. The third kappa shape index (κ3) is 5.79. The van der Waals surface area contributed by atoms with Crippen molar-refractivity contribution in [1.82, 2.24) is 0 Å². The second kappa shape index (κ2) is 9.69. The zero-order valence-electron chi connectivity index (χ0n) is 16.7. The summed E-state index contributed by atoms with van der Waals surface area (Å²) in [5.41, 5.74) is 8.73. The van der Waals surface area contributed by atoms with E-state index in [1.165, 1.54) is 0 Å². The fraction of sp³-hybridized carbons (Fsp3) is 0.200. The van der Waals surface area contributed by atoms with E-state index < -0.39 is 0 Å². The van der Waals surface area contributed by atoms with Gasteiger partial charge in [-0.15, -0.1) is 0 Å². The number of nitrogens with two attached hydrogens (primary N) is 1. The van der Waals surface area contributed by atoms with Gasteiger partial charge in [0.25, 0.3) is 0 Å². The monoisotopic (exact) mass is 386 g/mol. The summed E-state index contributed by atoms with van der Waals surface area (Å²) in [6.45, 7) is 1.93. The molecule has 0 spiro atoms. The minimum absolute atomic E-state index is 0.162. The highest BCUT2D eigenvalue weighted by molar-refractivity contribution is 6.01. The van der Waals surface area contributed by atoms with Gasteiger partial charge >= 0.3 is 0 Å². The molecule has 3 aromatic rings. The summed E-state index contributed by atoms with van der Waals surface area (Å²) < 4.78 is 0. The molecular weight excluding hydrogens is 360 g/mol. The van der Waals surface area contributed by atoms with Crippen molar-refractivity contribution in [2.24, 2.45) is 0 Å². The van der Waals surface area contributed by atoms with E-state index in [9.17, 15) is 9.59 Å². The van der Waals surface area contributed by atoms with Crippen LogP contribution in [-0.4, -0.2) is 11.7 Å². The number of allylic oxidation sites excluding steroid dienone is 1. The molecule has 0 aliphatic heterocycles. The molecule has 3 aromatic carbocycles. The number of carbonyl (C=O) groups excluding carboxylic acids is 2. The van der Waals surface area contributed by atoms with Gasteiger partial charge in [-0.2, -0.15) is 0 Å². The van der Waals surface area contributed by atoms with Crippen molar-refractivity contribution in [2.75, 3.05) is 11.1 Å². The molecule has 0 heterocycles. The number of unbranched alkanes of at least 4 members (excludes halogenated alkanes) is 1. The van der Waals surface area contributed by atoms with Gasteiger partial charge in [-0.25, -0.2) is 0 Å². The second-order valence-electron chi connectivity index (χ2n) is 7.26. The fourth-order valence-electron chi connectivity index (χ4n) is 3.27. The van der Waals surface area contributed by atoms with Crippen LogP contribution in [0.15, 0.2) is 78.4 Å². The summed E-state index contributed by atoms with van der Waals surface area (Å²) in [5.74, 6) is -0.0256. The minimum Gasteiger partial charge on any atom is -0.397 e.